The van der Waals surface area contributed by atoms with Gasteiger partial charge in [-0.25, -0.2) is 4.79 Å². The van der Waals surface area contributed by atoms with Gasteiger partial charge >= 0.3 is 6.03 Å². The van der Waals surface area contributed by atoms with Crippen molar-refractivity contribution in [2.24, 2.45) is 4.99 Å². The summed E-state index contributed by atoms with van der Waals surface area (Å²) in [5.74, 6) is 0.783. The molecule has 4 heterocycles. The molecule has 23 heavy (non-hydrogen) atoms. The van der Waals surface area contributed by atoms with E-state index in [1.165, 1.54) is 4.90 Å². The van der Waals surface area contributed by atoms with E-state index in [4.69, 9.17) is 9.26 Å². The highest BCUT2D eigenvalue weighted by Gasteiger charge is 2.42. The lowest BCUT2D eigenvalue weighted by molar-refractivity contribution is -0.133. The predicted molar refractivity (Wildman–Crippen MR) is 79.5 cm³/mol. The Morgan fingerprint density at radius 2 is 2.04 bits per heavy atom. The second-order valence-corrected chi connectivity index (χ2v) is 5.67. The van der Waals surface area contributed by atoms with Gasteiger partial charge < -0.3 is 14.2 Å². The molecule has 1 aromatic heterocycles. The molecule has 9 nitrogen and oxygen atoms in total. The summed E-state index contributed by atoms with van der Waals surface area (Å²) in [6, 6.07) is -0.286. The normalized spacial score (nSPS) is 20.5. The number of aromatic nitrogens is 1. The minimum atomic E-state index is -0.286. The van der Waals surface area contributed by atoms with E-state index in [-0.39, 0.29) is 18.5 Å². The summed E-state index contributed by atoms with van der Waals surface area (Å²) in [7, 11) is 0. The molecule has 3 amide bonds. The zero-order valence-corrected chi connectivity index (χ0v) is 12.8. The van der Waals surface area contributed by atoms with Gasteiger partial charge in [-0.05, 0) is 6.92 Å². The summed E-state index contributed by atoms with van der Waals surface area (Å²) in [4.78, 5) is 34.2. The second kappa shape index (κ2) is 5.34. The Bertz CT molecular complexity index is 691. The number of ether oxygens (including phenoxy) is 1. The number of anilines is 1. The van der Waals surface area contributed by atoms with Crippen LogP contribution in [0.25, 0.3) is 0 Å². The van der Waals surface area contributed by atoms with E-state index in [1.807, 2.05) is 0 Å². The number of rotatable bonds is 2. The minimum absolute atomic E-state index is 0.0652. The highest BCUT2D eigenvalue weighted by Crippen LogP contribution is 2.32. The molecule has 4 rings (SSSR count). The van der Waals surface area contributed by atoms with Gasteiger partial charge in [-0.3, -0.25) is 19.6 Å². The number of aliphatic imine (C=N–C) groups is 1. The third-order valence-corrected chi connectivity index (χ3v) is 4.27. The molecule has 3 aliphatic heterocycles. The predicted octanol–water partition coefficient (Wildman–Crippen LogP) is -0.156. The molecular weight excluding hydrogens is 302 g/mol. The quantitative estimate of drug-likeness (QED) is 0.755. The van der Waals surface area contributed by atoms with E-state index < -0.39 is 0 Å². The van der Waals surface area contributed by atoms with Crippen molar-refractivity contribution in [3.05, 3.63) is 11.3 Å². The first-order valence-electron chi connectivity index (χ1n) is 7.62. The minimum Gasteiger partial charge on any atom is -0.378 e. The fourth-order valence-electron chi connectivity index (χ4n) is 3.07. The van der Waals surface area contributed by atoms with Crippen LogP contribution < -0.4 is 4.90 Å². The Morgan fingerprint density at radius 1 is 1.26 bits per heavy atom. The third-order valence-electron chi connectivity index (χ3n) is 4.27. The van der Waals surface area contributed by atoms with Gasteiger partial charge in [-0.1, -0.05) is 5.16 Å². The van der Waals surface area contributed by atoms with Crippen molar-refractivity contribution in [3.63, 3.8) is 0 Å². The Hall–Kier alpha value is -2.42. The lowest BCUT2D eigenvalue weighted by Gasteiger charge is -2.33. The molecule has 1 fully saturated rings. The largest absolute Gasteiger partial charge is 0.378 e. The van der Waals surface area contributed by atoms with Crippen LogP contribution in [-0.2, 0) is 9.53 Å². The Morgan fingerprint density at radius 3 is 2.83 bits per heavy atom. The number of amidine groups is 1. The van der Waals surface area contributed by atoms with Gasteiger partial charge in [0.05, 0.1) is 25.5 Å². The van der Waals surface area contributed by atoms with Crippen LogP contribution in [0.2, 0.25) is 0 Å². The monoisotopic (exact) mass is 319 g/mol. The van der Waals surface area contributed by atoms with Crippen LogP contribution in [0.3, 0.4) is 0 Å². The molecule has 3 aliphatic rings. The summed E-state index contributed by atoms with van der Waals surface area (Å²) >= 11 is 0. The topological polar surface area (TPSA) is 91.5 Å². The zero-order chi connectivity index (χ0) is 16.0. The lowest BCUT2D eigenvalue weighted by Crippen LogP contribution is -2.54. The van der Waals surface area contributed by atoms with Crippen molar-refractivity contribution in [2.75, 3.05) is 50.8 Å². The molecule has 0 bridgehead atoms. The van der Waals surface area contributed by atoms with Crippen LogP contribution in [0.5, 0.6) is 0 Å². The first kappa shape index (κ1) is 14.2. The lowest BCUT2D eigenvalue weighted by atomic mass is 10.1. The molecule has 1 aromatic rings. The molecule has 0 atom stereocenters. The number of amides is 3. The number of fused-ring (bicyclic) bond motifs is 3. The number of nitrogens with zero attached hydrogens (tertiary/aromatic N) is 5. The van der Waals surface area contributed by atoms with Crippen molar-refractivity contribution in [2.45, 2.75) is 6.92 Å². The van der Waals surface area contributed by atoms with Gasteiger partial charge in [-0.15, -0.1) is 0 Å². The maximum Gasteiger partial charge on any atom is 0.333 e. The molecule has 0 aliphatic carbocycles. The number of morpholine rings is 1. The van der Waals surface area contributed by atoms with Crippen molar-refractivity contribution < 1.29 is 18.8 Å². The van der Waals surface area contributed by atoms with Crippen LogP contribution in [-0.4, -0.2) is 78.7 Å². The average molecular weight is 319 g/mol. The second-order valence-electron chi connectivity index (χ2n) is 5.67. The van der Waals surface area contributed by atoms with Crippen LogP contribution in [0.15, 0.2) is 9.52 Å². The molecule has 0 unspecified atom stereocenters. The Labute approximate surface area is 132 Å². The maximum atomic E-state index is 12.7. The summed E-state index contributed by atoms with van der Waals surface area (Å²) in [5, 5.41) is 3.94. The molecule has 0 aromatic carbocycles. The van der Waals surface area contributed by atoms with Crippen LogP contribution in [0, 0.1) is 6.92 Å². The smallest absolute Gasteiger partial charge is 0.333 e. The third kappa shape index (κ3) is 2.19. The summed E-state index contributed by atoms with van der Waals surface area (Å²) in [5.41, 5.74) is 1.37. The van der Waals surface area contributed by atoms with Gasteiger partial charge in [0.2, 0.25) is 11.8 Å². The number of carbonyl (C=O) groups is 2. The number of urea groups is 1. The molecule has 9 heteroatoms. The SMILES string of the molecule is Cc1noc2c1C1=NCCN1C(=O)N2CC(=O)N1CCOCC1. The van der Waals surface area contributed by atoms with E-state index in [0.29, 0.717) is 62.4 Å². The Kier molecular flexibility index (Phi) is 3.29. The maximum absolute atomic E-state index is 12.7. The van der Waals surface area contributed by atoms with Gasteiger partial charge in [0.25, 0.3) is 0 Å². The molecule has 0 saturated carbocycles. The van der Waals surface area contributed by atoms with E-state index >= 15 is 0 Å². The highest BCUT2D eigenvalue weighted by molar-refractivity contribution is 6.20. The number of hydrogen-bond donors (Lipinski definition) is 0. The fourth-order valence-corrected chi connectivity index (χ4v) is 3.07. The molecular formula is C14H17N5O4. The summed E-state index contributed by atoms with van der Waals surface area (Å²) < 4.78 is 10.6. The molecule has 0 radical (unpaired) electrons. The average Bonchev–Trinajstić information content (AvgIpc) is 3.19. The van der Waals surface area contributed by atoms with E-state index in [2.05, 4.69) is 10.1 Å². The van der Waals surface area contributed by atoms with Crippen LogP contribution in [0.4, 0.5) is 10.7 Å². The van der Waals surface area contributed by atoms with Gasteiger partial charge in [0, 0.05) is 19.6 Å². The van der Waals surface area contributed by atoms with Crippen LogP contribution >= 0.6 is 0 Å². The molecule has 1 saturated heterocycles. The number of aryl methyl sites for hydroxylation is 1. The highest BCUT2D eigenvalue weighted by atomic mass is 16.5. The van der Waals surface area contributed by atoms with E-state index in [1.54, 1.807) is 16.7 Å². The zero-order valence-electron chi connectivity index (χ0n) is 12.8. The molecule has 0 spiro atoms. The van der Waals surface area contributed by atoms with E-state index in [0.717, 1.165) is 0 Å². The standard InChI is InChI=1S/C14H17N5O4/c1-9-11-12-15-2-3-18(12)14(21)19(13(11)23-16-9)8-10(20)17-4-6-22-7-5-17/h2-8H2,1H3. The first-order chi connectivity index (χ1) is 11.2. The van der Waals surface area contributed by atoms with Crippen molar-refractivity contribution in [1.82, 2.24) is 15.0 Å². The Balaban J connectivity index is 1.63. The first-order valence-corrected chi connectivity index (χ1v) is 7.62. The van der Waals surface area contributed by atoms with Gasteiger partial charge in [0.1, 0.15) is 17.9 Å². The van der Waals surface area contributed by atoms with Crippen molar-refractivity contribution in [3.8, 4) is 0 Å². The fraction of sp³-hybridized carbons (Fsp3) is 0.571. The van der Waals surface area contributed by atoms with Crippen LogP contribution in [0.1, 0.15) is 11.3 Å². The van der Waals surface area contributed by atoms with Crippen molar-refractivity contribution >= 4 is 23.7 Å². The summed E-state index contributed by atoms with van der Waals surface area (Å²) in [6.07, 6.45) is 0. The van der Waals surface area contributed by atoms with E-state index in [9.17, 15) is 9.59 Å². The number of hydrogen-bond acceptors (Lipinski definition) is 6. The van der Waals surface area contributed by atoms with Gasteiger partial charge in [-0.2, -0.15) is 0 Å². The van der Waals surface area contributed by atoms with Crippen molar-refractivity contribution in [1.29, 1.82) is 0 Å². The molecule has 122 valence electrons. The number of carbonyl (C=O) groups excluding carboxylic acids is 2. The van der Waals surface area contributed by atoms with Gasteiger partial charge in [0.15, 0.2) is 0 Å². The summed E-state index contributed by atoms with van der Waals surface area (Å²) in [6.45, 7) is 4.93. The molecule has 0 N–H and O–H groups in total.